The first-order valence-corrected chi connectivity index (χ1v) is 7.53. The highest BCUT2D eigenvalue weighted by molar-refractivity contribution is 5.82. The molecule has 0 aromatic heterocycles. The van der Waals surface area contributed by atoms with Gasteiger partial charge in [-0.05, 0) is 44.4 Å². The van der Waals surface area contributed by atoms with Crippen molar-refractivity contribution in [3.8, 4) is 5.75 Å². The van der Waals surface area contributed by atoms with Crippen LogP contribution in [0.15, 0.2) is 24.3 Å². The maximum atomic E-state index is 12.2. The lowest BCUT2D eigenvalue weighted by Crippen LogP contribution is -2.47. The van der Waals surface area contributed by atoms with Gasteiger partial charge in [-0.25, -0.2) is 4.79 Å². The fraction of sp³-hybridized carbons (Fsp3) is 0.500. The van der Waals surface area contributed by atoms with Crippen LogP contribution in [0.4, 0.5) is 4.79 Å². The van der Waals surface area contributed by atoms with Crippen LogP contribution in [0.2, 0.25) is 0 Å². The van der Waals surface area contributed by atoms with Crippen molar-refractivity contribution in [3.63, 3.8) is 0 Å². The van der Waals surface area contributed by atoms with Crippen molar-refractivity contribution in [1.29, 1.82) is 0 Å². The molecule has 1 aliphatic carbocycles. The lowest BCUT2D eigenvalue weighted by molar-refractivity contribution is -0.138. The van der Waals surface area contributed by atoms with E-state index < -0.39 is 12.0 Å². The summed E-state index contributed by atoms with van der Waals surface area (Å²) in [5.41, 5.74) is 0.994. The van der Waals surface area contributed by atoms with Crippen LogP contribution in [0.1, 0.15) is 32.3 Å². The molecule has 120 valence electrons. The van der Waals surface area contributed by atoms with Crippen LogP contribution >= 0.6 is 0 Å². The number of rotatable bonds is 7. The molecule has 22 heavy (non-hydrogen) atoms. The molecule has 0 saturated heterocycles. The molecule has 1 atom stereocenters. The molecule has 0 aliphatic heterocycles. The summed E-state index contributed by atoms with van der Waals surface area (Å²) in [5.74, 6) is -0.238. The first-order chi connectivity index (χ1) is 10.5. The van der Waals surface area contributed by atoms with Gasteiger partial charge in [-0.3, -0.25) is 4.79 Å². The molecule has 0 radical (unpaired) electrons. The van der Waals surface area contributed by atoms with E-state index >= 15 is 0 Å². The fourth-order valence-electron chi connectivity index (χ4n) is 2.14. The largest absolute Gasteiger partial charge is 0.494 e. The minimum Gasteiger partial charge on any atom is -0.494 e. The average Bonchev–Trinajstić information content (AvgIpc) is 3.31. The Morgan fingerprint density at radius 1 is 1.36 bits per heavy atom. The lowest BCUT2D eigenvalue weighted by atomic mass is 10.2. The van der Waals surface area contributed by atoms with E-state index in [-0.39, 0.29) is 12.1 Å². The van der Waals surface area contributed by atoms with E-state index in [1.54, 1.807) is 4.90 Å². The van der Waals surface area contributed by atoms with E-state index in [0.717, 1.165) is 24.2 Å². The summed E-state index contributed by atoms with van der Waals surface area (Å²) in [6.07, 6.45) is 1.93. The second kappa shape index (κ2) is 7.15. The fourth-order valence-corrected chi connectivity index (χ4v) is 2.14. The van der Waals surface area contributed by atoms with Gasteiger partial charge < -0.3 is 20.1 Å². The minimum atomic E-state index is -1.04. The second-order valence-corrected chi connectivity index (χ2v) is 5.45. The smallest absolute Gasteiger partial charge is 0.325 e. The van der Waals surface area contributed by atoms with Gasteiger partial charge in [0, 0.05) is 12.6 Å². The summed E-state index contributed by atoms with van der Waals surface area (Å²) in [5, 5.41) is 11.4. The number of benzene rings is 1. The number of nitrogens with one attached hydrogen (secondary N) is 1. The van der Waals surface area contributed by atoms with Crippen LogP contribution in [0.5, 0.6) is 5.75 Å². The number of nitrogens with zero attached hydrogens (tertiary/aromatic N) is 1. The number of carboxylic acids is 1. The molecule has 6 nitrogen and oxygen atoms in total. The SMILES string of the molecule is CCOc1ccc(CN(C(=O)N[C@H](C)C(=O)O)C2CC2)cc1. The zero-order chi connectivity index (χ0) is 16.1. The van der Waals surface area contributed by atoms with Gasteiger partial charge in [0.25, 0.3) is 0 Å². The second-order valence-electron chi connectivity index (χ2n) is 5.45. The number of amides is 2. The molecule has 1 aromatic carbocycles. The Morgan fingerprint density at radius 3 is 2.50 bits per heavy atom. The van der Waals surface area contributed by atoms with E-state index in [2.05, 4.69) is 5.32 Å². The van der Waals surface area contributed by atoms with Gasteiger partial charge in [0.2, 0.25) is 0 Å². The highest BCUT2D eigenvalue weighted by Crippen LogP contribution is 2.28. The number of carboxylic acid groups (broad SMARTS) is 1. The van der Waals surface area contributed by atoms with Crippen molar-refractivity contribution in [2.24, 2.45) is 0 Å². The Morgan fingerprint density at radius 2 is 2.00 bits per heavy atom. The van der Waals surface area contributed by atoms with Crippen LogP contribution in [0.25, 0.3) is 0 Å². The van der Waals surface area contributed by atoms with Gasteiger partial charge in [-0.2, -0.15) is 0 Å². The first-order valence-electron chi connectivity index (χ1n) is 7.53. The molecule has 0 unspecified atom stereocenters. The summed E-state index contributed by atoms with van der Waals surface area (Å²) in [6, 6.07) is 6.58. The van der Waals surface area contributed by atoms with E-state index in [1.165, 1.54) is 6.92 Å². The monoisotopic (exact) mass is 306 g/mol. The van der Waals surface area contributed by atoms with Gasteiger partial charge in [-0.15, -0.1) is 0 Å². The minimum absolute atomic E-state index is 0.201. The molecular weight excluding hydrogens is 284 g/mol. The molecule has 1 aliphatic rings. The van der Waals surface area contributed by atoms with Gasteiger partial charge in [0.15, 0.2) is 0 Å². The third-order valence-corrected chi connectivity index (χ3v) is 3.55. The summed E-state index contributed by atoms with van der Waals surface area (Å²) >= 11 is 0. The van der Waals surface area contributed by atoms with Crippen LogP contribution < -0.4 is 10.1 Å². The van der Waals surface area contributed by atoms with Crippen molar-refractivity contribution in [1.82, 2.24) is 10.2 Å². The standard InChI is InChI=1S/C16H22N2O4/c1-3-22-14-8-4-12(5-9-14)10-18(13-6-7-13)16(21)17-11(2)15(19)20/h4-5,8-9,11,13H,3,6-7,10H2,1-2H3,(H,17,21)(H,19,20)/t11-/m1/s1. The highest BCUT2D eigenvalue weighted by atomic mass is 16.5. The molecule has 2 amide bonds. The molecule has 2 rings (SSSR count). The Hall–Kier alpha value is -2.24. The number of hydrogen-bond acceptors (Lipinski definition) is 3. The van der Waals surface area contributed by atoms with Crippen molar-refractivity contribution in [3.05, 3.63) is 29.8 Å². The number of ether oxygens (including phenoxy) is 1. The third kappa shape index (κ3) is 4.38. The number of urea groups is 1. The Bertz CT molecular complexity index is 525. The van der Waals surface area contributed by atoms with Crippen LogP contribution in [-0.2, 0) is 11.3 Å². The maximum Gasteiger partial charge on any atom is 0.325 e. The number of carbonyl (C=O) groups is 2. The molecule has 0 bridgehead atoms. The molecule has 2 N–H and O–H groups in total. The zero-order valence-electron chi connectivity index (χ0n) is 12.9. The molecule has 0 spiro atoms. The summed E-state index contributed by atoms with van der Waals surface area (Å²) < 4.78 is 5.39. The molecule has 1 saturated carbocycles. The van der Waals surface area contributed by atoms with E-state index in [9.17, 15) is 9.59 Å². The number of hydrogen-bond donors (Lipinski definition) is 2. The van der Waals surface area contributed by atoms with Crippen molar-refractivity contribution in [2.45, 2.75) is 45.3 Å². The zero-order valence-corrected chi connectivity index (χ0v) is 12.9. The summed E-state index contributed by atoms with van der Waals surface area (Å²) in [7, 11) is 0. The van der Waals surface area contributed by atoms with Crippen LogP contribution in [0.3, 0.4) is 0 Å². The molecule has 6 heteroatoms. The van der Waals surface area contributed by atoms with Crippen LogP contribution in [-0.4, -0.2) is 40.7 Å². The molecular formula is C16H22N2O4. The lowest BCUT2D eigenvalue weighted by Gasteiger charge is -2.24. The predicted octanol–water partition coefficient (Wildman–Crippen LogP) is 2.23. The van der Waals surface area contributed by atoms with Gasteiger partial charge in [0.1, 0.15) is 11.8 Å². The quantitative estimate of drug-likeness (QED) is 0.809. The van der Waals surface area contributed by atoms with E-state index in [4.69, 9.17) is 9.84 Å². The summed E-state index contributed by atoms with van der Waals surface area (Å²) in [4.78, 5) is 24.8. The predicted molar refractivity (Wildman–Crippen MR) is 81.8 cm³/mol. The first kappa shape index (κ1) is 16.1. The highest BCUT2D eigenvalue weighted by Gasteiger charge is 2.33. The molecule has 0 heterocycles. The van der Waals surface area contributed by atoms with E-state index in [0.29, 0.717) is 13.2 Å². The Kier molecular flexibility index (Phi) is 5.25. The van der Waals surface area contributed by atoms with Crippen molar-refractivity contribution in [2.75, 3.05) is 6.61 Å². The topological polar surface area (TPSA) is 78.9 Å². The van der Waals surface area contributed by atoms with Crippen molar-refractivity contribution >= 4 is 12.0 Å². The normalized spacial score (nSPS) is 15.0. The van der Waals surface area contributed by atoms with E-state index in [1.807, 2.05) is 31.2 Å². The van der Waals surface area contributed by atoms with Gasteiger partial charge in [0.05, 0.1) is 6.61 Å². The average molecular weight is 306 g/mol. The number of carbonyl (C=O) groups excluding carboxylic acids is 1. The molecule has 1 fully saturated rings. The molecule has 1 aromatic rings. The summed E-state index contributed by atoms with van der Waals surface area (Å²) in [6.45, 7) is 4.47. The van der Waals surface area contributed by atoms with Gasteiger partial charge >= 0.3 is 12.0 Å². The Labute approximate surface area is 130 Å². The van der Waals surface area contributed by atoms with Gasteiger partial charge in [-0.1, -0.05) is 12.1 Å². The van der Waals surface area contributed by atoms with Crippen LogP contribution in [0, 0.1) is 0 Å². The Balaban J connectivity index is 1.99. The number of aliphatic carboxylic acids is 1. The van der Waals surface area contributed by atoms with Crippen molar-refractivity contribution < 1.29 is 19.4 Å². The maximum absolute atomic E-state index is 12.2. The third-order valence-electron chi connectivity index (χ3n) is 3.55.